The number of sulfonamides is 1. The van der Waals surface area contributed by atoms with Crippen LogP contribution in [0, 0.1) is 46.2 Å². The average Bonchev–Trinajstić information content (AvgIpc) is 1.57. The summed E-state index contributed by atoms with van der Waals surface area (Å²) in [6.45, 7) is 18.1. The quantitative estimate of drug-likeness (QED) is 0.0722. The van der Waals surface area contributed by atoms with Crippen LogP contribution < -0.4 is 15.4 Å². The van der Waals surface area contributed by atoms with Gasteiger partial charge >= 0.3 is 0 Å². The second kappa shape index (κ2) is 34.5. The topological polar surface area (TPSA) is 158 Å². The Bertz CT molecular complexity index is 5120. The maximum absolute atomic E-state index is 14.1. The summed E-state index contributed by atoms with van der Waals surface area (Å²) in [7, 11) is -3.74. The molecule has 2 amide bonds. The summed E-state index contributed by atoms with van der Waals surface area (Å²) < 4.78 is 48.9. The Kier molecular flexibility index (Phi) is 24.8. The van der Waals surface area contributed by atoms with E-state index in [9.17, 15) is 22.4 Å². The number of amides is 2. The van der Waals surface area contributed by atoms with Gasteiger partial charge in [-0.05, 0) is 271 Å². The molecule has 3 N–H and O–H groups in total. The van der Waals surface area contributed by atoms with Crippen molar-refractivity contribution in [1.29, 1.82) is 0 Å². The van der Waals surface area contributed by atoms with Gasteiger partial charge in [0.2, 0.25) is 10.0 Å². The minimum absolute atomic E-state index is 0.0510. The van der Waals surface area contributed by atoms with E-state index in [-0.39, 0.29) is 69.3 Å². The van der Waals surface area contributed by atoms with E-state index in [1.165, 1.54) is 123 Å². The number of halogens is 5. The van der Waals surface area contributed by atoms with E-state index in [4.69, 9.17) is 61.7 Å². The Morgan fingerprint density at radius 1 is 0.530 bits per heavy atom. The van der Waals surface area contributed by atoms with Gasteiger partial charge in [-0.2, -0.15) is 15.3 Å². The highest BCUT2D eigenvalue weighted by atomic mass is 35.5. The number of nitrogens with zero attached hydrogens (tertiary/aromatic N) is 6. The minimum atomic E-state index is -3.74. The SMILES string of the molecule is CC12CCC(C1)C(C)(C)[C@H]2NC(=O)c1nn(C2CCCCC2)c2c1CCCCC2Cc1ccc(Cl)cc1.C[C@H](NS(=O)(=O)/C=C/c1nn(-c2ccc(Cl)cc2Cl)c2c1CCCCC2Cc1cccc(Cl)c1)c1ccccc1.Cc1ccc(CC2CCCCc3c(C(=O)NC4C5(C)CCC(C5)C4(C)C)nn(-c4ccc(F)cc4)c32)cc1. The van der Waals surface area contributed by atoms with Crippen molar-refractivity contribution in [3.8, 4) is 11.4 Å². The summed E-state index contributed by atoms with van der Waals surface area (Å²) in [5.41, 5.74) is 16.8. The molecule has 0 saturated heterocycles. The Balaban J connectivity index is 0.000000136. The number of carbonyl (C=O) groups excluding carboxylic acids is 2. The van der Waals surface area contributed by atoms with Crippen LogP contribution in [0.25, 0.3) is 17.5 Å². The zero-order chi connectivity index (χ0) is 80.7. The summed E-state index contributed by atoms with van der Waals surface area (Å²) in [6, 6.07) is 46.7. The molecule has 8 aliphatic rings. The molecular weight excluding hydrogens is 1540 g/mol. The first-order valence-corrected chi connectivity index (χ1v) is 45.7. The van der Waals surface area contributed by atoms with Gasteiger partial charge in [-0.25, -0.2) is 26.9 Å². The number of benzene rings is 6. The summed E-state index contributed by atoms with van der Waals surface area (Å²) in [6.07, 6.45) is 30.1. The number of fused-ring (bicyclic) bond motifs is 7. The van der Waals surface area contributed by atoms with Crippen LogP contribution in [-0.4, -0.2) is 61.7 Å². The predicted octanol–water partition coefficient (Wildman–Crippen LogP) is 23.9. The van der Waals surface area contributed by atoms with E-state index in [1.54, 1.807) is 30.3 Å². The Morgan fingerprint density at radius 2 is 1.04 bits per heavy atom. The standard InChI is InChI=1S/C33H40FN3O.C32H44ClN3O.C31H30Cl3N3O2S/c1-21-9-11-22(12-10-21)19-23-7-5-6-8-27-28(36-37(29(23)27)26-15-13-25(34)14-16-26)30(38)35-31-32(2,3)24-17-18-33(31,4)20-24;1-31(2)23-17-18-32(3,20-23)30(31)34-29(37)27-26-12-8-7-9-22(19-21-13-15-24(33)16-14-21)28(26)36(35-27)25-10-5-4-6-11-25;1-21(23-9-3-2-4-10-23)36-40(38,39)17-16-29-27-13-6-5-11-24(18-22-8-7-12-25(32)19-22)31(27)37(35-29)30-15-14-26(33)20-28(30)34/h9-16,23-24,31H,5-8,17-20H2,1-4H3,(H,35,38);13-16,22-23,25,30H,4-12,17-20H2,1-3H3,(H,34,37);2-4,7-10,12,14-17,19-21,24,36H,5-6,11,13,18H2,1H3/b;;17-16+/t;22?,23?,30-,32?;21-,24?/m.10/s1. The molecule has 10 atom stereocenters. The Morgan fingerprint density at radius 3 is 1.61 bits per heavy atom. The summed E-state index contributed by atoms with van der Waals surface area (Å²) in [5, 5.41) is 25.9. The fourth-order valence-electron chi connectivity index (χ4n) is 22.1. The second-order valence-corrected chi connectivity index (χ2v) is 40.0. The van der Waals surface area contributed by atoms with Gasteiger partial charge in [0.05, 0.1) is 39.5 Å². The number of nitrogens with one attached hydrogen (secondary N) is 3. The van der Waals surface area contributed by atoms with Crippen LogP contribution in [-0.2, 0) is 48.5 Å². The largest absolute Gasteiger partial charge is 0.347 e. The first-order valence-electron chi connectivity index (χ1n) is 42.6. The van der Waals surface area contributed by atoms with Gasteiger partial charge in [-0.3, -0.25) is 14.3 Å². The van der Waals surface area contributed by atoms with E-state index < -0.39 is 10.0 Å². The number of hydrogen-bond acceptors (Lipinski definition) is 7. The van der Waals surface area contributed by atoms with Crippen molar-refractivity contribution in [2.45, 2.75) is 264 Å². The van der Waals surface area contributed by atoms with E-state index in [0.29, 0.717) is 55.9 Å². The van der Waals surface area contributed by atoms with Crippen molar-refractivity contribution < 1.29 is 22.4 Å². The molecule has 0 spiro atoms. The van der Waals surface area contributed by atoms with E-state index in [2.05, 4.69) is 111 Å². The highest BCUT2D eigenvalue weighted by molar-refractivity contribution is 7.92. The van der Waals surface area contributed by atoms with E-state index in [1.807, 2.05) is 83.0 Å². The van der Waals surface area contributed by atoms with Gasteiger partial charge < -0.3 is 10.6 Å². The normalized spacial score (nSPS) is 24.9. The minimum Gasteiger partial charge on any atom is -0.347 e. The maximum atomic E-state index is 14.1. The average molecular weight is 1650 g/mol. The Hall–Kier alpha value is -7.37. The second-order valence-electron chi connectivity index (χ2n) is 36.7. The van der Waals surface area contributed by atoms with Crippen molar-refractivity contribution >= 4 is 74.3 Å². The van der Waals surface area contributed by atoms with Gasteiger partial charge in [0.1, 0.15) is 5.82 Å². The summed E-state index contributed by atoms with van der Waals surface area (Å²) in [4.78, 5) is 28.1. The number of carbonyl (C=O) groups is 2. The molecule has 0 radical (unpaired) electrons. The molecule has 608 valence electrons. The molecule has 5 fully saturated rings. The molecule has 19 heteroatoms. The third-order valence-corrected chi connectivity index (χ3v) is 30.2. The number of aryl methyl sites for hydroxylation is 1. The predicted molar refractivity (Wildman–Crippen MR) is 464 cm³/mol. The lowest BCUT2D eigenvalue weighted by Gasteiger charge is -2.43. The molecule has 17 rings (SSSR count). The van der Waals surface area contributed by atoms with E-state index in [0.717, 1.165) is 140 Å². The fraction of sp³-hybridized carbons (Fsp3) is 0.490. The van der Waals surface area contributed by atoms with Crippen LogP contribution in [0.15, 0.2) is 151 Å². The molecular formula is C96H114Cl4FN9O4S. The zero-order valence-corrected chi connectivity index (χ0v) is 72.0. The third-order valence-electron chi connectivity index (χ3n) is 28.0. The van der Waals surface area contributed by atoms with Crippen LogP contribution >= 0.6 is 46.4 Å². The molecule has 8 aliphatic carbocycles. The van der Waals surface area contributed by atoms with Crippen LogP contribution in [0.1, 0.15) is 295 Å². The van der Waals surface area contributed by atoms with Crippen LogP contribution in [0.3, 0.4) is 0 Å². The van der Waals surface area contributed by atoms with E-state index >= 15 is 0 Å². The molecule has 6 aromatic carbocycles. The molecule has 9 aromatic rings. The molecule has 8 unspecified atom stereocenters. The van der Waals surface area contributed by atoms with Gasteiger partial charge in [-0.15, -0.1) is 0 Å². The van der Waals surface area contributed by atoms with Crippen molar-refractivity contribution in [3.05, 3.63) is 256 Å². The zero-order valence-electron chi connectivity index (χ0n) is 68.2. The van der Waals surface area contributed by atoms with Crippen molar-refractivity contribution in [2.75, 3.05) is 0 Å². The molecule has 4 bridgehead atoms. The smallest absolute Gasteiger partial charge is 0.272 e. The van der Waals surface area contributed by atoms with Crippen LogP contribution in [0.2, 0.25) is 20.1 Å². The molecule has 0 aliphatic heterocycles. The van der Waals surface area contributed by atoms with Crippen molar-refractivity contribution in [2.24, 2.45) is 33.5 Å². The van der Waals surface area contributed by atoms with Gasteiger partial charge in [0.15, 0.2) is 11.4 Å². The lowest BCUT2D eigenvalue weighted by atomic mass is 9.68. The molecule has 115 heavy (non-hydrogen) atoms. The first kappa shape index (κ1) is 82.7. The van der Waals surface area contributed by atoms with Crippen molar-refractivity contribution in [1.82, 2.24) is 44.7 Å². The summed E-state index contributed by atoms with van der Waals surface area (Å²) in [5.74, 6) is 1.90. The first-order chi connectivity index (χ1) is 55.1. The number of hydrogen-bond donors (Lipinski definition) is 3. The van der Waals surface area contributed by atoms with Crippen molar-refractivity contribution in [3.63, 3.8) is 0 Å². The third kappa shape index (κ3) is 17.9. The highest BCUT2D eigenvalue weighted by Crippen LogP contribution is 2.64. The number of aromatic nitrogens is 6. The molecule has 3 aromatic heterocycles. The fourth-order valence-corrected chi connectivity index (χ4v) is 23.9. The highest BCUT2D eigenvalue weighted by Gasteiger charge is 2.61. The lowest BCUT2D eigenvalue weighted by Crippen LogP contribution is -2.52. The lowest BCUT2D eigenvalue weighted by molar-refractivity contribution is 0.0728. The van der Waals surface area contributed by atoms with Gasteiger partial charge in [-0.1, -0.05) is 211 Å². The van der Waals surface area contributed by atoms with Crippen LogP contribution in [0.4, 0.5) is 4.39 Å². The maximum Gasteiger partial charge on any atom is 0.272 e. The molecule has 5 saturated carbocycles. The monoisotopic (exact) mass is 1650 g/mol. The number of rotatable bonds is 18. The Labute approximate surface area is 701 Å². The van der Waals surface area contributed by atoms with Crippen LogP contribution in [0.5, 0.6) is 0 Å². The van der Waals surface area contributed by atoms with Gasteiger partial charge in [0.25, 0.3) is 11.8 Å². The van der Waals surface area contributed by atoms with Gasteiger partial charge in [0, 0.05) is 78.7 Å². The summed E-state index contributed by atoms with van der Waals surface area (Å²) >= 11 is 25.4. The molecule has 3 heterocycles. The molecule has 13 nitrogen and oxygen atoms in total.